The maximum atomic E-state index is 12.6. The second-order valence-corrected chi connectivity index (χ2v) is 5.68. The van der Waals surface area contributed by atoms with Crippen molar-refractivity contribution in [3.05, 3.63) is 46.5 Å². The summed E-state index contributed by atoms with van der Waals surface area (Å²) in [4.78, 5) is 24.7. The van der Waals surface area contributed by atoms with Gasteiger partial charge in [0, 0.05) is 17.7 Å². The van der Waals surface area contributed by atoms with Crippen molar-refractivity contribution in [2.45, 2.75) is 6.92 Å². The Hall–Kier alpha value is -2.93. The minimum Gasteiger partial charge on any atom is -0.493 e. The molecular weight excluding hydrogens is 374 g/mol. The van der Waals surface area contributed by atoms with Crippen molar-refractivity contribution in [3.8, 4) is 17.2 Å². The van der Waals surface area contributed by atoms with Crippen molar-refractivity contribution >= 4 is 29.2 Å². The van der Waals surface area contributed by atoms with Crippen LogP contribution >= 0.6 is 11.6 Å². The lowest BCUT2D eigenvalue weighted by molar-refractivity contribution is 0.0601. The van der Waals surface area contributed by atoms with Crippen LogP contribution in [0.4, 0.5) is 5.69 Å². The highest BCUT2D eigenvalue weighted by atomic mass is 35.5. The van der Waals surface area contributed by atoms with E-state index in [0.717, 1.165) is 0 Å². The van der Waals surface area contributed by atoms with Crippen LogP contribution in [0.1, 0.15) is 27.6 Å². The van der Waals surface area contributed by atoms with Crippen LogP contribution in [0.15, 0.2) is 30.3 Å². The largest absolute Gasteiger partial charge is 0.493 e. The molecule has 1 amide bonds. The van der Waals surface area contributed by atoms with E-state index >= 15 is 0 Å². The molecule has 0 aromatic heterocycles. The van der Waals surface area contributed by atoms with Crippen molar-refractivity contribution in [2.24, 2.45) is 0 Å². The molecular formula is C19H20ClNO6. The van der Waals surface area contributed by atoms with Crippen molar-refractivity contribution in [1.82, 2.24) is 0 Å². The molecule has 8 heteroatoms. The molecule has 0 aliphatic carbocycles. The van der Waals surface area contributed by atoms with Gasteiger partial charge in [-0.15, -0.1) is 0 Å². The highest BCUT2D eigenvalue weighted by molar-refractivity contribution is 6.32. The maximum Gasteiger partial charge on any atom is 0.340 e. The number of rotatable bonds is 7. The predicted molar refractivity (Wildman–Crippen MR) is 101 cm³/mol. The van der Waals surface area contributed by atoms with Gasteiger partial charge < -0.3 is 24.3 Å². The molecule has 1 N–H and O–H groups in total. The molecule has 2 aromatic rings. The lowest BCUT2D eigenvalue weighted by Gasteiger charge is -2.15. The maximum absolute atomic E-state index is 12.6. The third kappa shape index (κ3) is 4.62. The smallest absolute Gasteiger partial charge is 0.340 e. The van der Waals surface area contributed by atoms with E-state index in [1.54, 1.807) is 12.1 Å². The summed E-state index contributed by atoms with van der Waals surface area (Å²) in [6.07, 6.45) is 0. The second kappa shape index (κ2) is 9.14. The summed E-state index contributed by atoms with van der Waals surface area (Å²) in [6, 6.07) is 7.59. The Balaban J connectivity index is 2.38. The van der Waals surface area contributed by atoms with Crippen LogP contribution in [0.25, 0.3) is 0 Å². The van der Waals surface area contributed by atoms with Crippen LogP contribution in [0.5, 0.6) is 17.2 Å². The number of halogens is 1. The van der Waals surface area contributed by atoms with E-state index in [9.17, 15) is 9.59 Å². The fourth-order valence-corrected chi connectivity index (χ4v) is 2.61. The van der Waals surface area contributed by atoms with E-state index in [-0.39, 0.29) is 11.3 Å². The van der Waals surface area contributed by atoms with Gasteiger partial charge in [-0.1, -0.05) is 11.6 Å². The quantitative estimate of drug-likeness (QED) is 0.720. The molecule has 0 spiro atoms. The zero-order valence-electron chi connectivity index (χ0n) is 15.4. The van der Waals surface area contributed by atoms with E-state index in [1.165, 1.54) is 39.5 Å². The summed E-state index contributed by atoms with van der Waals surface area (Å²) in [5.74, 6) is 0.0792. The van der Waals surface area contributed by atoms with Crippen LogP contribution in [-0.2, 0) is 4.74 Å². The van der Waals surface area contributed by atoms with Crippen LogP contribution < -0.4 is 19.5 Å². The zero-order chi connectivity index (χ0) is 20.0. The Kier molecular flexibility index (Phi) is 6.90. The van der Waals surface area contributed by atoms with Gasteiger partial charge in [0.15, 0.2) is 11.5 Å². The number of anilines is 1. The first kappa shape index (κ1) is 20.4. The second-order valence-electron chi connectivity index (χ2n) is 5.28. The van der Waals surface area contributed by atoms with Crippen LogP contribution in [0, 0.1) is 0 Å². The molecule has 2 rings (SSSR count). The minimum atomic E-state index is -0.629. The third-order valence-corrected chi connectivity index (χ3v) is 3.97. The molecule has 0 heterocycles. The Morgan fingerprint density at radius 2 is 1.67 bits per heavy atom. The van der Waals surface area contributed by atoms with Crippen LogP contribution in [0.3, 0.4) is 0 Å². The monoisotopic (exact) mass is 393 g/mol. The molecule has 0 unspecified atom stereocenters. The molecule has 0 saturated carbocycles. The number of amides is 1. The number of esters is 1. The lowest BCUT2D eigenvalue weighted by Crippen LogP contribution is -2.16. The molecule has 0 radical (unpaired) electrons. The molecule has 2 aromatic carbocycles. The predicted octanol–water partition coefficient (Wildman–Crippen LogP) is 3.79. The highest BCUT2D eigenvalue weighted by Crippen LogP contribution is 2.34. The normalized spacial score (nSPS) is 10.1. The number of methoxy groups -OCH3 is 3. The standard InChI is InChI=1S/C19H20ClNO6/c1-5-27-15-7-6-11(8-13(15)20)18(22)21-14-10-17(25-3)16(24-2)9-12(14)19(23)26-4/h6-10H,5H2,1-4H3,(H,21,22). The molecule has 0 aliphatic rings. The van der Waals surface area contributed by atoms with Gasteiger partial charge in [-0.25, -0.2) is 4.79 Å². The van der Waals surface area contributed by atoms with Crippen molar-refractivity contribution in [2.75, 3.05) is 33.3 Å². The molecule has 27 heavy (non-hydrogen) atoms. The first-order valence-electron chi connectivity index (χ1n) is 8.03. The lowest BCUT2D eigenvalue weighted by atomic mass is 10.1. The molecule has 0 fully saturated rings. The van der Waals surface area contributed by atoms with Gasteiger partial charge in [-0.2, -0.15) is 0 Å². The van der Waals surface area contributed by atoms with Crippen molar-refractivity contribution < 1.29 is 28.5 Å². The van der Waals surface area contributed by atoms with Crippen LogP contribution in [-0.4, -0.2) is 39.8 Å². The third-order valence-electron chi connectivity index (χ3n) is 3.67. The number of carbonyl (C=O) groups excluding carboxylic acids is 2. The molecule has 0 aliphatic heterocycles. The average molecular weight is 394 g/mol. The van der Waals surface area contributed by atoms with Gasteiger partial charge in [0.25, 0.3) is 5.91 Å². The molecule has 7 nitrogen and oxygen atoms in total. The Morgan fingerprint density at radius 1 is 1.00 bits per heavy atom. The van der Waals surface area contributed by atoms with Gasteiger partial charge in [-0.05, 0) is 25.1 Å². The Morgan fingerprint density at radius 3 is 2.22 bits per heavy atom. The summed E-state index contributed by atoms with van der Waals surface area (Å²) < 4.78 is 20.5. The van der Waals surface area contributed by atoms with Crippen molar-refractivity contribution in [1.29, 1.82) is 0 Å². The first-order valence-corrected chi connectivity index (χ1v) is 8.40. The summed E-state index contributed by atoms with van der Waals surface area (Å²) >= 11 is 6.13. The summed E-state index contributed by atoms with van der Waals surface area (Å²) in [6.45, 7) is 2.29. The number of hydrogen-bond acceptors (Lipinski definition) is 6. The number of nitrogens with one attached hydrogen (secondary N) is 1. The van der Waals surface area contributed by atoms with E-state index in [2.05, 4.69) is 5.32 Å². The summed E-state index contributed by atoms with van der Waals surface area (Å²) in [5.41, 5.74) is 0.643. The molecule has 0 atom stereocenters. The van der Waals surface area contributed by atoms with E-state index in [0.29, 0.717) is 34.4 Å². The average Bonchev–Trinajstić information content (AvgIpc) is 2.68. The number of benzene rings is 2. The summed E-state index contributed by atoms with van der Waals surface area (Å²) in [7, 11) is 4.14. The fraction of sp³-hybridized carbons (Fsp3) is 0.263. The van der Waals surface area contributed by atoms with E-state index in [1.807, 2.05) is 6.92 Å². The Bertz CT molecular complexity index is 852. The first-order chi connectivity index (χ1) is 12.9. The van der Waals surface area contributed by atoms with Gasteiger partial charge in [0.1, 0.15) is 5.75 Å². The highest BCUT2D eigenvalue weighted by Gasteiger charge is 2.20. The van der Waals surface area contributed by atoms with Gasteiger partial charge in [0.2, 0.25) is 0 Å². The number of hydrogen-bond donors (Lipinski definition) is 1. The van der Waals surface area contributed by atoms with Crippen LogP contribution in [0.2, 0.25) is 5.02 Å². The fourth-order valence-electron chi connectivity index (χ4n) is 2.37. The topological polar surface area (TPSA) is 83.1 Å². The van der Waals surface area contributed by atoms with Gasteiger partial charge in [-0.3, -0.25) is 4.79 Å². The van der Waals surface area contributed by atoms with Gasteiger partial charge in [0.05, 0.1) is 44.2 Å². The van der Waals surface area contributed by atoms with E-state index in [4.69, 9.17) is 30.5 Å². The molecule has 0 bridgehead atoms. The van der Waals surface area contributed by atoms with E-state index < -0.39 is 11.9 Å². The Labute approximate surface area is 162 Å². The van der Waals surface area contributed by atoms with Gasteiger partial charge >= 0.3 is 5.97 Å². The van der Waals surface area contributed by atoms with Crippen molar-refractivity contribution in [3.63, 3.8) is 0 Å². The SMILES string of the molecule is CCOc1ccc(C(=O)Nc2cc(OC)c(OC)cc2C(=O)OC)cc1Cl. The molecule has 144 valence electrons. The number of carbonyl (C=O) groups is 2. The minimum absolute atomic E-state index is 0.125. The summed E-state index contributed by atoms with van der Waals surface area (Å²) in [5, 5.41) is 2.98. The molecule has 0 saturated heterocycles. The number of ether oxygens (including phenoxy) is 4. The zero-order valence-corrected chi connectivity index (χ0v) is 16.2.